The zero-order valence-corrected chi connectivity index (χ0v) is 15.3. The quantitative estimate of drug-likeness (QED) is 0.663. The van der Waals surface area contributed by atoms with Crippen LogP contribution in [0.4, 0.5) is 5.69 Å². The Hall–Kier alpha value is -3.40. The molecule has 0 spiro atoms. The normalized spacial score (nSPS) is 12.6. The first kappa shape index (κ1) is 17.0. The molecule has 134 valence electrons. The fourth-order valence-corrected chi connectivity index (χ4v) is 3.33. The molecule has 1 amide bonds. The van der Waals surface area contributed by atoms with Crippen LogP contribution in [0.25, 0.3) is 23.4 Å². The van der Waals surface area contributed by atoms with Gasteiger partial charge in [-0.3, -0.25) is 4.79 Å². The van der Waals surface area contributed by atoms with Gasteiger partial charge in [0.25, 0.3) is 0 Å². The number of rotatable bonds is 2. The standard InChI is InChI=1S/C23H20N2O2/c1-16(26)25-15-20-13-12-19(21-7-5-9-23(24-21)27-2)14-18(20)11-10-17-6-3-4-8-22(17)25/h3-14H,15H2,1-2H3. The smallest absolute Gasteiger partial charge is 0.224 e. The summed E-state index contributed by atoms with van der Waals surface area (Å²) in [5.74, 6) is 0.619. The number of hydrogen-bond donors (Lipinski definition) is 0. The molecule has 0 saturated carbocycles. The summed E-state index contributed by atoms with van der Waals surface area (Å²) in [6, 6.07) is 19.9. The van der Waals surface area contributed by atoms with Gasteiger partial charge in [-0.15, -0.1) is 0 Å². The Bertz CT molecular complexity index is 1040. The lowest BCUT2D eigenvalue weighted by Gasteiger charge is -2.26. The van der Waals surface area contributed by atoms with Gasteiger partial charge in [-0.25, -0.2) is 4.98 Å². The number of methoxy groups -OCH3 is 1. The van der Waals surface area contributed by atoms with Crippen molar-refractivity contribution in [2.45, 2.75) is 13.5 Å². The first-order chi connectivity index (χ1) is 13.2. The van der Waals surface area contributed by atoms with Crippen molar-refractivity contribution in [3.63, 3.8) is 0 Å². The van der Waals surface area contributed by atoms with Crippen LogP contribution in [-0.4, -0.2) is 18.0 Å². The molecule has 0 saturated heterocycles. The molecular formula is C23H20N2O2. The second-order valence-corrected chi connectivity index (χ2v) is 6.48. The fraction of sp³-hybridized carbons (Fsp3) is 0.130. The summed E-state index contributed by atoms with van der Waals surface area (Å²) >= 11 is 0. The van der Waals surface area contributed by atoms with E-state index < -0.39 is 0 Å². The van der Waals surface area contributed by atoms with Crippen LogP contribution in [0.2, 0.25) is 0 Å². The van der Waals surface area contributed by atoms with Crippen molar-refractivity contribution in [2.75, 3.05) is 12.0 Å². The van der Waals surface area contributed by atoms with Gasteiger partial charge in [0, 0.05) is 18.6 Å². The summed E-state index contributed by atoms with van der Waals surface area (Å²) in [5.41, 5.74) is 6.02. The second-order valence-electron chi connectivity index (χ2n) is 6.48. The monoisotopic (exact) mass is 356 g/mol. The van der Waals surface area contributed by atoms with Gasteiger partial charge in [-0.05, 0) is 34.9 Å². The zero-order valence-electron chi connectivity index (χ0n) is 15.3. The van der Waals surface area contributed by atoms with Gasteiger partial charge in [-0.1, -0.05) is 48.6 Å². The van der Waals surface area contributed by atoms with Crippen LogP contribution in [-0.2, 0) is 11.3 Å². The number of hydrogen-bond acceptors (Lipinski definition) is 3. The van der Waals surface area contributed by atoms with Crippen LogP contribution < -0.4 is 9.64 Å². The van der Waals surface area contributed by atoms with Crippen molar-refractivity contribution in [1.29, 1.82) is 0 Å². The van der Waals surface area contributed by atoms with E-state index in [1.807, 2.05) is 53.4 Å². The van der Waals surface area contributed by atoms with E-state index in [1.165, 1.54) is 0 Å². The third-order valence-corrected chi connectivity index (χ3v) is 4.75. The molecule has 2 heterocycles. The Morgan fingerprint density at radius 3 is 2.63 bits per heavy atom. The molecule has 4 rings (SSSR count). The molecule has 27 heavy (non-hydrogen) atoms. The maximum absolute atomic E-state index is 12.3. The van der Waals surface area contributed by atoms with Gasteiger partial charge >= 0.3 is 0 Å². The summed E-state index contributed by atoms with van der Waals surface area (Å²) in [5, 5.41) is 0. The Morgan fingerprint density at radius 1 is 1.00 bits per heavy atom. The topological polar surface area (TPSA) is 42.4 Å². The van der Waals surface area contributed by atoms with Crippen molar-refractivity contribution < 1.29 is 9.53 Å². The summed E-state index contributed by atoms with van der Waals surface area (Å²) in [4.78, 5) is 18.6. The molecule has 1 aromatic heterocycles. The van der Waals surface area contributed by atoms with Crippen LogP contribution >= 0.6 is 0 Å². The molecule has 0 bridgehead atoms. The SMILES string of the molecule is COc1cccc(-c2ccc3c(c2)C=Cc2ccccc2N(C(C)=O)C3)n1. The van der Waals surface area contributed by atoms with Crippen molar-refractivity contribution >= 4 is 23.7 Å². The lowest BCUT2D eigenvalue weighted by atomic mass is 9.97. The van der Waals surface area contributed by atoms with Gasteiger partial charge in [-0.2, -0.15) is 0 Å². The molecule has 4 heteroatoms. The fourth-order valence-electron chi connectivity index (χ4n) is 3.33. The minimum atomic E-state index is 0.0299. The molecule has 3 aromatic rings. The van der Waals surface area contributed by atoms with E-state index in [2.05, 4.69) is 29.3 Å². The van der Waals surface area contributed by atoms with Gasteiger partial charge in [0.05, 0.1) is 25.0 Å². The Balaban J connectivity index is 1.81. The van der Waals surface area contributed by atoms with E-state index in [9.17, 15) is 4.79 Å². The van der Waals surface area contributed by atoms with E-state index in [4.69, 9.17) is 4.74 Å². The lowest BCUT2D eigenvalue weighted by Crippen LogP contribution is -2.29. The predicted molar refractivity (Wildman–Crippen MR) is 108 cm³/mol. The molecule has 4 nitrogen and oxygen atoms in total. The second kappa shape index (κ2) is 7.08. The number of amides is 1. The number of anilines is 1. The number of aromatic nitrogens is 1. The number of nitrogens with zero attached hydrogens (tertiary/aromatic N) is 2. The molecule has 0 fully saturated rings. The molecular weight excluding hydrogens is 336 g/mol. The van der Waals surface area contributed by atoms with E-state index in [1.54, 1.807) is 14.0 Å². The molecule has 0 N–H and O–H groups in total. The van der Waals surface area contributed by atoms with Gasteiger partial charge in [0.2, 0.25) is 11.8 Å². The summed E-state index contributed by atoms with van der Waals surface area (Å²) in [6.07, 6.45) is 4.17. The minimum absolute atomic E-state index is 0.0299. The van der Waals surface area contributed by atoms with Crippen LogP contribution in [0.5, 0.6) is 5.88 Å². The minimum Gasteiger partial charge on any atom is -0.481 e. The summed E-state index contributed by atoms with van der Waals surface area (Å²) in [7, 11) is 1.61. The average Bonchev–Trinajstić information content (AvgIpc) is 2.69. The van der Waals surface area contributed by atoms with Crippen LogP contribution in [0, 0.1) is 0 Å². The highest BCUT2D eigenvalue weighted by atomic mass is 16.5. The first-order valence-electron chi connectivity index (χ1n) is 8.85. The van der Waals surface area contributed by atoms with Gasteiger partial charge in [0.1, 0.15) is 0 Å². The Labute approximate surface area is 158 Å². The summed E-state index contributed by atoms with van der Waals surface area (Å²) < 4.78 is 5.24. The lowest BCUT2D eigenvalue weighted by molar-refractivity contribution is -0.116. The van der Waals surface area contributed by atoms with E-state index in [0.717, 1.165) is 33.6 Å². The average molecular weight is 356 g/mol. The van der Waals surface area contributed by atoms with Crippen LogP contribution in [0.15, 0.2) is 60.7 Å². The molecule has 0 radical (unpaired) electrons. The molecule has 1 aliphatic rings. The molecule has 2 aromatic carbocycles. The third-order valence-electron chi connectivity index (χ3n) is 4.75. The van der Waals surface area contributed by atoms with E-state index in [0.29, 0.717) is 12.4 Å². The number of carbonyl (C=O) groups excluding carboxylic acids is 1. The van der Waals surface area contributed by atoms with Gasteiger partial charge < -0.3 is 9.64 Å². The number of carbonyl (C=O) groups is 1. The first-order valence-corrected chi connectivity index (χ1v) is 8.85. The highest BCUT2D eigenvalue weighted by Crippen LogP contribution is 2.31. The third kappa shape index (κ3) is 3.34. The van der Waals surface area contributed by atoms with Gasteiger partial charge in [0.15, 0.2) is 0 Å². The molecule has 0 aliphatic carbocycles. The van der Waals surface area contributed by atoms with Crippen molar-refractivity contribution in [1.82, 2.24) is 4.98 Å². The predicted octanol–water partition coefficient (Wildman–Crippen LogP) is 4.79. The molecule has 0 atom stereocenters. The van der Waals surface area contributed by atoms with Crippen LogP contribution in [0.1, 0.15) is 23.6 Å². The molecule has 0 unspecified atom stereocenters. The highest BCUT2D eigenvalue weighted by Gasteiger charge is 2.18. The number of fused-ring (bicyclic) bond motifs is 2. The molecule has 1 aliphatic heterocycles. The maximum atomic E-state index is 12.3. The largest absolute Gasteiger partial charge is 0.481 e. The zero-order chi connectivity index (χ0) is 18.8. The number of ether oxygens (including phenoxy) is 1. The van der Waals surface area contributed by atoms with E-state index >= 15 is 0 Å². The Morgan fingerprint density at radius 2 is 1.81 bits per heavy atom. The van der Waals surface area contributed by atoms with Crippen molar-refractivity contribution in [3.05, 3.63) is 77.4 Å². The maximum Gasteiger partial charge on any atom is 0.224 e. The van der Waals surface area contributed by atoms with E-state index in [-0.39, 0.29) is 5.91 Å². The number of para-hydroxylation sites is 1. The highest BCUT2D eigenvalue weighted by molar-refractivity contribution is 5.95. The van der Waals surface area contributed by atoms with Crippen molar-refractivity contribution in [2.24, 2.45) is 0 Å². The Kier molecular flexibility index (Phi) is 4.47. The summed E-state index contributed by atoms with van der Waals surface area (Å²) in [6.45, 7) is 2.15. The van der Waals surface area contributed by atoms with Crippen LogP contribution in [0.3, 0.4) is 0 Å². The number of pyridine rings is 1. The number of benzene rings is 2. The van der Waals surface area contributed by atoms with Crippen molar-refractivity contribution in [3.8, 4) is 17.1 Å².